The second-order valence-corrected chi connectivity index (χ2v) is 6.85. The van der Waals surface area contributed by atoms with Crippen molar-refractivity contribution in [2.75, 3.05) is 0 Å². The van der Waals surface area contributed by atoms with Crippen LogP contribution in [-0.2, 0) is 5.75 Å². The molecular formula is C15H15N3O2S2. The molecule has 114 valence electrons. The smallest absolute Gasteiger partial charge is 0.273 e. The molecule has 0 unspecified atom stereocenters. The van der Waals surface area contributed by atoms with Gasteiger partial charge >= 0.3 is 0 Å². The van der Waals surface area contributed by atoms with Crippen LogP contribution in [0.2, 0.25) is 0 Å². The van der Waals surface area contributed by atoms with E-state index in [0.29, 0.717) is 16.8 Å². The van der Waals surface area contributed by atoms with E-state index in [4.69, 9.17) is 4.42 Å². The topological polar surface area (TPSA) is 60.9 Å². The fourth-order valence-corrected chi connectivity index (χ4v) is 3.56. The zero-order chi connectivity index (χ0) is 15.5. The zero-order valence-corrected chi connectivity index (χ0v) is 13.9. The molecule has 3 rings (SSSR count). The van der Waals surface area contributed by atoms with E-state index in [2.05, 4.69) is 23.8 Å². The van der Waals surface area contributed by atoms with Crippen LogP contribution in [0.3, 0.4) is 0 Å². The standard InChI is InChI=1S/C15H15N3O2S2/c1-10(2)18-6-5-13(19)17-15(18)22-9-11-8-20-14(16-11)12-4-3-7-21-12/h3-8,10H,9H2,1-2H3. The highest BCUT2D eigenvalue weighted by Crippen LogP contribution is 2.26. The highest BCUT2D eigenvalue weighted by Gasteiger charge is 2.11. The molecule has 0 amide bonds. The molecule has 0 saturated heterocycles. The summed E-state index contributed by atoms with van der Waals surface area (Å²) < 4.78 is 7.47. The van der Waals surface area contributed by atoms with Crippen molar-refractivity contribution < 1.29 is 4.42 Å². The van der Waals surface area contributed by atoms with Crippen molar-refractivity contribution >= 4 is 23.1 Å². The maximum Gasteiger partial charge on any atom is 0.273 e. The summed E-state index contributed by atoms with van der Waals surface area (Å²) in [6, 6.07) is 5.67. The first-order valence-electron chi connectivity index (χ1n) is 6.84. The van der Waals surface area contributed by atoms with E-state index >= 15 is 0 Å². The quantitative estimate of drug-likeness (QED) is 0.524. The molecule has 0 bridgehead atoms. The van der Waals surface area contributed by atoms with Crippen molar-refractivity contribution in [3.05, 3.63) is 52.1 Å². The van der Waals surface area contributed by atoms with E-state index in [0.717, 1.165) is 10.6 Å². The molecule has 0 aliphatic rings. The Bertz CT molecular complexity index is 806. The highest BCUT2D eigenvalue weighted by atomic mass is 32.2. The number of oxazole rings is 1. The van der Waals surface area contributed by atoms with E-state index in [1.54, 1.807) is 23.8 Å². The predicted octanol–water partition coefficient (Wildman–Crippen LogP) is 3.83. The summed E-state index contributed by atoms with van der Waals surface area (Å²) in [6.45, 7) is 4.11. The molecule has 3 heterocycles. The lowest BCUT2D eigenvalue weighted by atomic mass is 10.4. The number of hydrogen-bond acceptors (Lipinski definition) is 6. The molecule has 0 N–H and O–H groups in total. The molecule has 0 spiro atoms. The average molecular weight is 333 g/mol. The molecule has 0 aromatic carbocycles. The first-order chi connectivity index (χ1) is 10.6. The second-order valence-electron chi connectivity index (χ2n) is 4.96. The van der Waals surface area contributed by atoms with Gasteiger partial charge in [-0.25, -0.2) is 4.98 Å². The number of thiophene rings is 1. The summed E-state index contributed by atoms with van der Waals surface area (Å²) in [6.07, 6.45) is 3.44. The van der Waals surface area contributed by atoms with Gasteiger partial charge in [-0.3, -0.25) is 4.79 Å². The lowest BCUT2D eigenvalue weighted by molar-refractivity contribution is 0.526. The number of rotatable bonds is 5. The van der Waals surface area contributed by atoms with Gasteiger partial charge < -0.3 is 8.98 Å². The molecule has 7 heteroatoms. The second kappa shape index (κ2) is 6.50. The minimum atomic E-state index is -0.223. The van der Waals surface area contributed by atoms with Crippen molar-refractivity contribution in [3.63, 3.8) is 0 Å². The molecule has 0 aliphatic carbocycles. The molecule has 0 radical (unpaired) electrons. The first-order valence-corrected chi connectivity index (χ1v) is 8.70. The molecule has 0 fully saturated rings. The van der Waals surface area contributed by atoms with Crippen LogP contribution in [0.1, 0.15) is 25.6 Å². The lowest BCUT2D eigenvalue weighted by Gasteiger charge is -2.14. The van der Waals surface area contributed by atoms with Gasteiger partial charge in [0.05, 0.1) is 10.6 Å². The van der Waals surface area contributed by atoms with Crippen molar-refractivity contribution in [1.29, 1.82) is 0 Å². The summed E-state index contributed by atoms with van der Waals surface area (Å²) in [5, 5.41) is 2.69. The maximum absolute atomic E-state index is 11.5. The van der Waals surface area contributed by atoms with Gasteiger partial charge in [0.15, 0.2) is 5.16 Å². The van der Waals surface area contributed by atoms with E-state index in [1.165, 1.54) is 17.8 Å². The molecule has 0 atom stereocenters. The third-order valence-corrected chi connectivity index (χ3v) is 4.85. The molecule has 3 aromatic rings. The highest BCUT2D eigenvalue weighted by molar-refractivity contribution is 7.98. The minimum absolute atomic E-state index is 0.223. The van der Waals surface area contributed by atoms with E-state index in [9.17, 15) is 4.79 Å². The fraction of sp³-hybridized carbons (Fsp3) is 0.267. The lowest BCUT2D eigenvalue weighted by Crippen LogP contribution is -2.14. The van der Waals surface area contributed by atoms with Crippen LogP contribution >= 0.6 is 23.1 Å². The van der Waals surface area contributed by atoms with Gasteiger partial charge in [0.1, 0.15) is 6.26 Å². The van der Waals surface area contributed by atoms with E-state index in [1.807, 2.05) is 22.1 Å². The third-order valence-electron chi connectivity index (χ3n) is 2.99. The van der Waals surface area contributed by atoms with Crippen molar-refractivity contribution in [2.45, 2.75) is 30.8 Å². The van der Waals surface area contributed by atoms with Crippen LogP contribution in [0.5, 0.6) is 0 Å². The maximum atomic E-state index is 11.5. The van der Waals surface area contributed by atoms with Crippen molar-refractivity contribution in [1.82, 2.24) is 14.5 Å². The van der Waals surface area contributed by atoms with Crippen LogP contribution in [-0.4, -0.2) is 14.5 Å². The monoisotopic (exact) mass is 333 g/mol. The Morgan fingerprint density at radius 1 is 1.36 bits per heavy atom. The van der Waals surface area contributed by atoms with Gasteiger partial charge in [0, 0.05) is 24.1 Å². The van der Waals surface area contributed by atoms with E-state index < -0.39 is 0 Å². The molecular weight excluding hydrogens is 318 g/mol. The minimum Gasteiger partial charge on any atom is -0.444 e. The Balaban J connectivity index is 1.76. The number of aromatic nitrogens is 3. The molecule has 0 aliphatic heterocycles. The summed E-state index contributed by atoms with van der Waals surface area (Å²) in [5.74, 6) is 1.24. The summed E-state index contributed by atoms with van der Waals surface area (Å²) >= 11 is 3.08. The largest absolute Gasteiger partial charge is 0.444 e. The molecule has 22 heavy (non-hydrogen) atoms. The van der Waals surface area contributed by atoms with Gasteiger partial charge in [-0.15, -0.1) is 11.3 Å². The van der Waals surface area contributed by atoms with Gasteiger partial charge in [-0.05, 0) is 25.3 Å². The predicted molar refractivity (Wildman–Crippen MR) is 88.3 cm³/mol. The van der Waals surface area contributed by atoms with Crippen LogP contribution in [0.25, 0.3) is 10.8 Å². The number of nitrogens with zero attached hydrogens (tertiary/aromatic N) is 3. The van der Waals surface area contributed by atoms with Crippen LogP contribution in [0.15, 0.2) is 50.4 Å². The van der Waals surface area contributed by atoms with Crippen LogP contribution in [0, 0.1) is 0 Å². The summed E-state index contributed by atoms with van der Waals surface area (Å²) in [5.41, 5.74) is 0.612. The SMILES string of the molecule is CC(C)n1ccc(=O)nc1SCc1coc(-c2cccs2)n1. The molecule has 3 aromatic heterocycles. The Kier molecular flexibility index (Phi) is 4.44. The first kappa shape index (κ1) is 15.1. The van der Waals surface area contributed by atoms with Crippen molar-refractivity contribution in [3.8, 4) is 10.8 Å². The Morgan fingerprint density at radius 2 is 2.23 bits per heavy atom. The van der Waals surface area contributed by atoms with Crippen molar-refractivity contribution in [2.24, 2.45) is 0 Å². The zero-order valence-electron chi connectivity index (χ0n) is 12.2. The van der Waals surface area contributed by atoms with E-state index in [-0.39, 0.29) is 11.6 Å². The van der Waals surface area contributed by atoms with Gasteiger partial charge in [-0.1, -0.05) is 17.8 Å². The average Bonchev–Trinajstić information content (AvgIpc) is 3.16. The number of thioether (sulfide) groups is 1. The molecule has 5 nitrogen and oxygen atoms in total. The fourth-order valence-electron chi connectivity index (χ4n) is 1.92. The Morgan fingerprint density at radius 3 is 2.95 bits per heavy atom. The van der Waals surface area contributed by atoms with Crippen LogP contribution in [0.4, 0.5) is 0 Å². The van der Waals surface area contributed by atoms with Gasteiger partial charge in [0.2, 0.25) is 5.89 Å². The summed E-state index contributed by atoms with van der Waals surface area (Å²) in [7, 11) is 0. The Hall–Kier alpha value is -1.86. The number of hydrogen-bond donors (Lipinski definition) is 0. The van der Waals surface area contributed by atoms with Gasteiger partial charge in [-0.2, -0.15) is 4.98 Å². The van der Waals surface area contributed by atoms with Crippen LogP contribution < -0.4 is 5.56 Å². The van der Waals surface area contributed by atoms with Gasteiger partial charge in [0.25, 0.3) is 5.56 Å². The molecule has 0 saturated carbocycles. The Labute approximate surface area is 136 Å². The third kappa shape index (κ3) is 3.31. The summed E-state index contributed by atoms with van der Waals surface area (Å²) in [4.78, 5) is 21.0. The normalized spacial score (nSPS) is 11.2.